The van der Waals surface area contributed by atoms with Crippen LogP contribution in [0.1, 0.15) is 26.3 Å². The normalized spacial score (nSPS) is 12.8. The third kappa shape index (κ3) is 3.73. The Labute approximate surface area is 117 Å². The van der Waals surface area contributed by atoms with Crippen LogP contribution in [0.4, 0.5) is 5.69 Å². The highest BCUT2D eigenvalue weighted by Gasteiger charge is 2.29. The van der Waals surface area contributed by atoms with Crippen molar-refractivity contribution >= 4 is 29.3 Å². The van der Waals surface area contributed by atoms with Crippen molar-refractivity contribution in [1.29, 1.82) is 0 Å². The summed E-state index contributed by atoms with van der Waals surface area (Å²) in [6, 6.07) is 6.91. The lowest BCUT2D eigenvalue weighted by atomic mass is 9.85. The monoisotopic (exact) mass is 281 g/mol. The number of anilines is 1. The second-order valence-electron chi connectivity index (χ2n) is 4.87. The molecule has 1 aromatic carbocycles. The fourth-order valence-corrected chi connectivity index (χ4v) is 1.72. The van der Waals surface area contributed by atoms with Crippen LogP contribution < -0.4 is 5.32 Å². The Morgan fingerprint density at radius 3 is 2.21 bits per heavy atom. The molecule has 19 heavy (non-hydrogen) atoms. The molecule has 1 atom stereocenters. The molecule has 4 nitrogen and oxygen atoms in total. The molecule has 0 aliphatic carbocycles. The van der Waals surface area contributed by atoms with Gasteiger partial charge in [0, 0.05) is 5.69 Å². The van der Waals surface area contributed by atoms with Gasteiger partial charge in [0.25, 0.3) is 0 Å². The third-order valence-corrected chi connectivity index (χ3v) is 4.05. The average molecular weight is 281 g/mol. The number of amides is 1. The predicted octanol–water partition coefficient (Wildman–Crippen LogP) is 2.74. The second kappa shape index (κ2) is 6.10. The molecule has 0 bridgehead atoms. The van der Waals surface area contributed by atoms with Crippen LogP contribution in [0.15, 0.2) is 24.3 Å². The fourth-order valence-electron chi connectivity index (χ4n) is 1.44. The first-order chi connectivity index (χ1) is 8.78. The number of nitrogens with one attached hydrogen (secondary N) is 1. The van der Waals surface area contributed by atoms with Gasteiger partial charge >= 0.3 is 5.97 Å². The van der Waals surface area contributed by atoms with E-state index < -0.39 is 11.4 Å². The summed E-state index contributed by atoms with van der Waals surface area (Å²) in [6.07, 6.45) is 1.88. The molecule has 1 aromatic rings. The molecular weight excluding hydrogens is 262 g/mol. The van der Waals surface area contributed by atoms with Crippen LogP contribution in [0.5, 0.6) is 0 Å². The van der Waals surface area contributed by atoms with Gasteiger partial charge in [0.1, 0.15) is 0 Å². The van der Waals surface area contributed by atoms with Gasteiger partial charge in [-0.05, 0) is 44.7 Å². The molecule has 104 valence electrons. The van der Waals surface area contributed by atoms with Gasteiger partial charge in [-0.3, -0.25) is 9.59 Å². The summed E-state index contributed by atoms with van der Waals surface area (Å²) in [5, 5.41) is 11.8. The van der Waals surface area contributed by atoms with Crippen molar-refractivity contribution in [3.05, 3.63) is 29.8 Å². The van der Waals surface area contributed by atoms with Crippen LogP contribution in [0.2, 0.25) is 0 Å². The maximum Gasteiger partial charge on any atom is 0.313 e. The van der Waals surface area contributed by atoms with Crippen LogP contribution in [0.3, 0.4) is 0 Å². The molecule has 5 heteroatoms. The van der Waals surface area contributed by atoms with Crippen molar-refractivity contribution in [2.45, 2.75) is 31.4 Å². The number of aliphatic carboxylic acids is 1. The molecule has 0 spiro atoms. The maximum atomic E-state index is 11.7. The molecule has 0 radical (unpaired) electrons. The highest BCUT2D eigenvalue weighted by molar-refractivity contribution is 7.99. The zero-order valence-electron chi connectivity index (χ0n) is 11.6. The van der Waals surface area contributed by atoms with Crippen LogP contribution >= 0.6 is 11.8 Å². The first-order valence-electron chi connectivity index (χ1n) is 5.96. The zero-order valence-corrected chi connectivity index (χ0v) is 12.4. The van der Waals surface area contributed by atoms with Gasteiger partial charge in [-0.2, -0.15) is 11.8 Å². The van der Waals surface area contributed by atoms with Gasteiger partial charge in [-0.1, -0.05) is 12.1 Å². The van der Waals surface area contributed by atoms with Gasteiger partial charge in [-0.15, -0.1) is 0 Å². The summed E-state index contributed by atoms with van der Waals surface area (Å²) in [6.45, 7) is 5.14. The number of rotatable bonds is 5. The van der Waals surface area contributed by atoms with E-state index in [0.29, 0.717) is 11.3 Å². The van der Waals surface area contributed by atoms with Gasteiger partial charge in [0.05, 0.1) is 10.7 Å². The predicted molar refractivity (Wildman–Crippen MR) is 78.7 cm³/mol. The highest BCUT2D eigenvalue weighted by Crippen LogP contribution is 2.25. The van der Waals surface area contributed by atoms with Gasteiger partial charge < -0.3 is 10.4 Å². The molecule has 0 saturated carbocycles. The number of hydrogen-bond donors (Lipinski definition) is 2. The maximum absolute atomic E-state index is 11.7. The van der Waals surface area contributed by atoms with Crippen LogP contribution in [-0.2, 0) is 15.0 Å². The van der Waals surface area contributed by atoms with Gasteiger partial charge in [0.15, 0.2) is 0 Å². The van der Waals surface area contributed by atoms with Crippen molar-refractivity contribution in [2.24, 2.45) is 0 Å². The number of benzene rings is 1. The minimum absolute atomic E-state index is 0.0576. The quantitative estimate of drug-likeness (QED) is 0.871. The van der Waals surface area contributed by atoms with E-state index in [4.69, 9.17) is 5.11 Å². The summed E-state index contributed by atoms with van der Waals surface area (Å²) in [7, 11) is 0. The summed E-state index contributed by atoms with van der Waals surface area (Å²) in [4.78, 5) is 22.8. The van der Waals surface area contributed by atoms with Crippen molar-refractivity contribution in [3.63, 3.8) is 0 Å². The van der Waals surface area contributed by atoms with E-state index in [1.165, 1.54) is 11.8 Å². The number of carboxylic acid groups (broad SMARTS) is 1. The van der Waals surface area contributed by atoms with Gasteiger partial charge in [0.2, 0.25) is 5.91 Å². The molecule has 1 unspecified atom stereocenters. The first kappa shape index (κ1) is 15.6. The second-order valence-corrected chi connectivity index (χ2v) is 6.05. The fraction of sp³-hybridized carbons (Fsp3) is 0.429. The van der Waals surface area contributed by atoms with Crippen LogP contribution in [0.25, 0.3) is 0 Å². The summed E-state index contributed by atoms with van der Waals surface area (Å²) in [5.41, 5.74) is 0.446. The van der Waals surface area contributed by atoms with Crippen LogP contribution in [0, 0.1) is 0 Å². The summed E-state index contributed by atoms with van der Waals surface area (Å²) in [5.74, 6) is -0.932. The van der Waals surface area contributed by atoms with Gasteiger partial charge in [-0.25, -0.2) is 0 Å². The van der Waals surface area contributed by atoms with E-state index in [1.54, 1.807) is 38.1 Å². The van der Waals surface area contributed by atoms with Crippen LogP contribution in [-0.4, -0.2) is 28.5 Å². The van der Waals surface area contributed by atoms with E-state index in [-0.39, 0.29) is 11.2 Å². The molecule has 0 heterocycles. The molecule has 0 fully saturated rings. The molecule has 0 saturated heterocycles. The number of hydrogen-bond acceptors (Lipinski definition) is 3. The summed E-state index contributed by atoms with van der Waals surface area (Å²) < 4.78 is 0. The van der Waals surface area contributed by atoms with E-state index in [1.807, 2.05) is 13.2 Å². The Hall–Kier alpha value is -1.49. The molecular formula is C14H19NO3S. The minimum Gasteiger partial charge on any atom is -0.481 e. The Bertz CT molecular complexity index is 468. The Morgan fingerprint density at radius 2 is 1.79 bits per heavy atom. The molecule has 1 amide bonds. The van der Waals surface area contributed by atoms with E-state index >= 15 is 0 Å². The zero-order chi connectivity index (χ0) is 14.6. The van der Waals surface area contributed by atoms with E-state index in [2.05, 4.69) is 5.32 Å². The van der Waals surface area contributed by atoms with Crippen molar-refractivity contribution in [3.8, 4) is 0 Å². The SMILES string of the molecule is CSC(C)C(=O)Nc1ccc(C(C)(C)C(=O)O)cc1. The first-order valence-corrected chi connectivity index (χ1v) is 7.25. The number of carboxylic acids is 1. The average Bonchev–Trinajstić information content (AvgIpc) is 2.38. The third-order valence-electron chi connectivity index (χ3n) is 3.13. The Kier molecular flexibility index (Phi) is 5.00. The number of carbonyl (C=O) groups excluding carboxylic acids is 1. The van der Waals surface area contributed by atoms with Crippen molar-refractivity contribution < 1.29 is 14.7 Å². The van der Waals surface area contributed by atoms with Crippen molar-refractivity contribution in [2.75, 3.05) is 11.6 Å². The topological polar surface area (TPSA) is 66.4 Å². The summed E-state index contributed by atoms with van der Waals surface area (Å²) >= 11 is 1.47. The number of thioether (sulfide) groups is 1. The van der Waals surface area contributed by atoms with Crippen molar-refractivity contribution in [1.82, 2.24) is 0 Å². The Morgan fingerprint density at radius 1 is 1.26 bits per heavy atom. The lowest BCUT2D eigenvalue weighted by molar-refractivity contribution is -0.142. The molecule has 0 aromatic heterocycles. The standard InChI is InChI=1S/C14H19NO3S/c1-9(19-4)12(16)15-11-7-5-10(6-8-11)14(2,3)13(17)18/h5-9H,1-4H3,(H,15,16)(H,17,18). The number of carbonyl (C=O) groups is 2. The minimum atomic E-state index is -0.935. The lowest BCUT2D eigenvalue weighted by Gasteiger charge is -2.20. The van der Waals surface area contributed by atoms with E-state index in [0.717, 1.165) is 0 Å². The van der Waals surface area contributed by atoms with E-state index in [9.17, 15) is 9.59 Å². The largest absolute Gasteiger partial charge is 0.481 e. The smallest absolute Gasteiger partial charge is 0.313 e. The molecule has 1 rings (SSSR count). The lowest BCUT2D eigenvalue weighted by Crippen LogP contribution is -2.28. The highest BCUT2D eigenvalue weighted by atomic mass is 32.2. The molecule has 2 N–H and O–H groups in total. The molecule has 0 aliphatic heterocycles. The molecule has 0 aliphatic rings. The Balaban J connectivity index is 2.83.